The third kappa shape index (κ3) is 3.17. The average molecular weight is 316 g/mol. The normalized spacial score (nSPS) is 16.1. The van der Waals surface area contributed by atoms with Gasteiger partial charge < -0.3 is 14.8 Å². The van der Waals surface area contributed by atoms with Crippen LogP contribution >= 0.6 is 11.8 Å². The van der Waals surface area contributed by atoms with E-state index < -0.39 is 0 Å². The van der Waals surface area contributed by atoms with E-state index in [9.17, 15) is 4.79 Å². The maximum absolute atomic E-state index is 12.3. The van der Waals surface area contributed by atoms with Gasteiger partial charge in [0, 0.05) is 6.20 Å². The predicted octanol–water partition coefficient (Wildman–Crippen LogP) is 2.37. The molecule has 2 aromatic rings. The van der Waals surface area contributed by atoms with Crippen LogP contribution in [0.2, 0.25) is 0 Å². The van der Waals surface area contributed by atoms with E-state index in [1.54, 1.807) is 18.3 Å². The first-order valence-electron chi connectivity index (χ1n) is 6.93. The van der Waals surface area contributed by atoms with Crippen LogP contribution in [0, 0.1) is 0 Å². The van der Waals surface area contributed by atoms with Crippen LogP contribution in [0.4, 0.5) is 0 Å². The number of nitrogens with one attached hydrogen (secondary N) is 1. The number of carbonyl (C=O) groups is 1. The van der Waals surface area contributed by atoms with Crippen molar-refractivity contribution >= 4 is 17.7 Å². The van der Waals surface area contributed by atoms with Crippen molar-refractivity contribution in [3.05, 3.63) is 48.2 Å². The fraction of sp³-hybridized carbons (Fsp3) is 0.250. The van der Waals surface area contributed by atoms with Crippen molar-refractivity contribution in [1.82, 2.24) is 10.3 Å². The average Bonchev–Trinajstić information content (AvgIpc) is 2.59. The standard InChI is InChI=1S/C16H16N2O3S/c1-22-16-12(5-4-8-17-16)15(19)18-9-11-10-20-13-6-2-3-7-14(13)21-11/h2-8,11H,9-10H2,1H3,(H,18,19). The molecule has 3 rings (SSSR count). The fourth-order valence-electron chi connectivity index (χ4n) is 2.19. The first kappa shape index (κ1) is 14.7. The smallest absolute Gasteiger partial charge is 0.254 e. The van der Waals surface area contributed by atoms with Crippen molar-refractivity contribution in [3.8, 4) is 11.5 Å². The number of ether oxygens (including phenoxy) is 2. The number of rotatable bonds is 4. The largest absolute Gasteiger partial charge is 0.486 e. The number of hydrogen-bond donors (Lipinski definition) is 1. The van der Waals surface area contributed by atoms with Crippen LogP contribution in [0.1, 0.15) is 10.4 Å². The highest BCUT2D eigenvalue weighted by atomic mass is 32.2. The van der Waals surface area contributed by atoms with Crippen LogP contribution in [0.15, 0.2) is 47.6 Å². The maximum atomic E-state index is 12.3. The first-order chi connectivity index (χ1) is 10.8. The lowest BCUT2D eigenvalue weighted by Crippen LogP contribution is -2.40. The zero-order chi connectivity index (χ0) is 15.4. The van der Waals surface area contributed by atoms with Gasteiger partial charge in [0.15, 0.2) is 11.5 Å². The van der Waals surface area contributed by atoms with Gasteiger partial charge in [0.05, 0.1) is 12.1 Å². The Balaban J connectivity index is 1.60. The van der Waals surface area contributed by atoms with E-state index in [1.165, 1.54) is 11.8 Å². The number of para-hydroxylation sites is 2. The molecule has 1 amide bonds. The van der Waals surface area contributed by atoms with E-state index in [2.05, 4.69) is 10.3 Å². The fourth-order valence-corrected chi connectivity index (χ4v) is 2.74. The minimum absolute atomic E-state index is 0.153. The lowest BCUT2D eigenvalue weighted by Gasteiger charge is -2.26. The highest BCUT2D eigenvalue weighted by molar-refractivity contribution is 7.98. The summed E-state index contributed by atoms with van der Waals surface area (Å²) in [6, 6.07) is 11.0. The third-order valence-electron chi connectivity index (χ3n) is 3.27. The van der Waals surface area contributed by atoms with Crippen LogP contribution in [-0.2, 0) is 0 Å². The Bertz CT molecular complexity index is 678. The summed E-state index contributed by atoms with van der Waals surface area (Å²) in [5.74, 6) is 1.29. The topological polar surface area (TPSA) is 60.5 Å². The van der Waals surface area contributed by atoms with Gasteiger partial charge >= 0.3 is 0 Å². The van der Waals surface area contributed by atoms with Gasteiger partial charge in [-0.25, -0.2) is 4.98 Å². The molecule has 22 heavy (non-hydrogen) atoms. The number of hydrogen-bond acceptors (Lipinski definition) is 5. The van der Waals surface area contributed by atoms with Gasteiger partial charge in [-0.1, -0.05) is 12.1 Å². The van der Waals surface area contributed by atoms with Crippen molar-refractivity contribution in [1.29, 1.82) is 0 Å². The second kappa shape index (κ2) is 6.70. The molecule has 114 valence electrons. The Morgan fingerprint density at radius 1 is 1.32 bits per heavy atom. The van der Waals surface area contributed by atoms with Crippen molar-refractivity contribution in [3.63, 3.8) is 0 Å². The second-order valence-electron chi connectivity index (χ2n) is 4.77. The van der Waals surface area contributed by atoms with Crippen LogP contribution in [0.3, 0.4) is 0 Å². The minimum atomic E-state index is -0.201. The lowest BCUT2D eigenvalue weighted by atomic mass is 10.2. The molecule has 0 bridgehead atoms. The highest BCUT2D eigenvalue weighted by Crippen LogP contribution is 2.30. The quantitative estimate of drug-likeness (QED) is 0.878. The van der Waals surface area contributed by atoms with E-state index >= 15 is 0 Å². The SMILES string of the molecule is CSc1ncccc1C(=O)NCC1COc2ccccc2O1. The van der Waals surface area contributed by atoms with E-state index in [4.69, 9.17) is 9.47 Å². The lowest BCUT2D eigenvalue weighted by molar-refractivity contribution is 0.0787. The molecule has 0 saturated heterocycles. The monoisotopic (exact) mass is 316 g/mol. The predicted molar refractivity (Wildman–Crippen MR) is 84.7 cm³/mol. The molecule has 2 heterocycles. The zero-order valence-corrected chi connectivity index (χ0v) is 12.9. The van der Waals surface area contributed by atoms with E-state index in [-0.39, 0.29) is 12.0 Å². The van der Waals surface area contributed by atoms with Crippen molar-refractivity contribution in [2.24, 2.45) is 0 Å². The highest BCUT2D eigenvalue weighted by Gasteiger charge is 2.21. The summed E-state index contributed by atoms with van der Waals surface area (Å²) < 4.78 is 11.4. The molecule has 1 N–H and O–H groups in total. The molecular formula is C16H16N2O3S. The summed E-state index contributed by atoms with van der Waals surface area (Å²) in [4.78, 5) is 16.4. The molecule has 0 fully saturated rings. The van der Waals surface area contributed by atoms with Crippen LogP contribution in [-0.4, -0.2) is 36.4 Å². The summed E-state index contributed by atoms with van der Waals surface area (Å²) in [6.45, 7) is 0.801. The van der Waals surface area contributed by atoms with Crippen molar-refractivity contribution < 1.29 is 14.3 Å². The van der Waals surface area contributed by atoms with Gasteiger partial charge in [0.25, 0.3) is 5.91 Å². The second-order valence-corrected chi connectivity index (χ2v) is 5.56. The summed E-state index contributed by atoms with van der Waals surface area (Å²) in [6.07, 6.45) is 3.37. The van der Waals surface area contributed by atoms with Crippen LogP contribution < -0.4 is 14.8 Å². The minimum Gasteiger partial charge on any atom is -0.486 e. The molecule has 0 radical (unpaired) electrons. The summed E-state index contributed by atoms with van der Waals surface area (Å²) >= 11 is 1.45. The number of benzene rings is 1. The van der Waals surface area contributed by atoms with Gasteiger partial charge in [-0.05, 0) is 30.5 Å². The van der Waals surface area contributed by atoms with Crippen LogP contribution in [0.25, 0.3) is 0 Å². The van der Waals surface area contributed by atoms with Gasteiger partial charge in [0.2, 0.25) is 0 Å². The Kier molecular flexibility index (Phi) is 4.48. The van der Waals surface area contributed by atoms with Gasteiger partial charge in [-0.3, -0.25) is 4.79 Å². The molecule has 1 atom stereocenters. The molecule has 1 aliphatic heterocycles. The molecule has 5 nitrogen and oxygen atoms in total. The van der Waals surface area contributed by atoms with Gasteiger partial charge in [-0.2, -0.15) is 0 Å². The molecule has 1 unspecified atom stereocenters. The zero-order valence-electron chi connectivity index (χ0n) is 12.1. The van der Waals surface area contributed by atoms with Crippen molar-refractivity contribution in [2.75, 3.05) is 19.4 Å². The molecule has 0 spiro atoms. The van der Waals surface area contributed by atoms with E-state index in [0.29, 0.717) is 29.5 Å². The van der Waals surface area contributed by atoms with Crippen LogP contribution in [0.5, 0.6) is 11.5 Å². The molecule has 0 aliphatic carbocycles. The molecule has 1 aliphatic rings. The third-order valence-corrected chi connectivity index (χ3v) is 3.98. The number of pyridine rings is 1. The number of thioether (sulfide) groups is 1. The van der Waals surface area contributed by atoms with E-state index in [1.807, 2.05) is 30.5 Å². The molecule has 0 saturated carbocycles. The van der Waals surface area contributed by atoms with Gasteiger partial charge in [-0.15, -0.1) is 11.8 Å². The number of fused-ring (bicyclic) bond motifs is 1. The van der Waals surface area contributed by atoms with Gasteiger partial charge in [0.1, 0.15) is 17.7 Å². The number of nitrogens with zero attached hydrogens (tertiary/aromatic N) is 1. The Morgan fingerprint density at radius 2 is 2.14 bits per heavy atom. The number of carbonyl (C=O) groups excluding carboxylic acids is 1. The summed E-state index contributed by atoms with van der Waals surface area (Å²) in [5.41, 5.74) is 0.576. The van der Waals surface area contributed by atoms with Crippen molar-refractivity contribution in [2.45, 2.75) is 11.1 Å². The first-order valence-corrected chi connectivity index (χ1v) is 8.16. The molecule has 1 aromatic heterocycles. The summed E-state index contributed by atoms with van der Waals surface area (Å²) in [5, 5.41) is 3.59. The Labute approximate surface area is 133 Å². The summed E-state index contributed by atoms with van der Waals surface area (Å²) in [7, 11) is 0. The Morgan fingerprint density at radius 3 is 2.95 bits per heavy atom. The molecule has 6 heteroatoms. The maximum Gasteiger partial charge on any atom is 0.254 e. The van der Waals surface area contributed by atoms with E-state index in [0.717, 1.165) is 5.75 Å². The molecular weight excluding hydrogens is 300 g/mol. The molecule has 1 aromatic carbocycles. The number of aromatic nitrogens is 1. The Hall–Kier alpha value is -2.21. The number of amides is 1.